The number of hydrogen-bond acceptors (Lipinski definition) is 2. The molecule has 0 aromatic heterocycles. The Balaban J connectivity index is 6.29. The van der Waals surface area contributed by atoms with Gasteiger partial charge in [-0.3, -0.25) is 9.59 Å². The van der Waals surface area contributed by atoms with Crippen molar-refractivity contribution in [3.05, 3.63) is 0 Å². The minimum atomic E-state index is -8.49. The molecular weight excluding hydrogens is 479 g/mol. The van der Waals surface area contributed by atoms with Gasteiger partial charge in [-0.15, -0.1) is 0 Å². The zero-order chi connectivity index (χ0) is 24.8. The van der Waals surface area contributed by atoms with Gasteiger partial charge in [0.05, 0.1) is 6.42 Å². The summed E-state index contributed by atoms with van der Waals surface area (Å²) in [5.41, 5.74) is 0. The van der Waals surface area contributed by atoms with Gasteiger partial charge in [-0.25, -0.2) is 0 Å². The van der Waals surface area contributed by atoms with Crippen molar-refractivity contribution < 1.29 is 80.6 Å². The first-order valence-corrected chi connectivity index (χ1v) is 6.67. The van der Waals surface area contributed by atoms with Crippen LogP contribution < -0.4 is 5.32 Å². The van der Waals surface area contributed by atoms with Crippen LogP contribution in [0.1, 0.15) is 6.42 Å². The second-order valence-corrected chi connectivity index (χ2v) is 5.34. The van der Waals surface area contributed by atoms with Crippen LogP contribution in [0.4, 0.5) is 65.9 Å². The molecule has 0 bridgehead atoms. The van der Waals surface area contributed by atoms with Crippen LogP contribution in [-0.4, -0.2) is 65.2 Å². The van der Waals surface area contributed by atoms with E-state index in [9.17, 15) is 75.4 Å². The Kier molecular flexibility index (Phi) is 7.01. The highest BCUT2D eigenvalue weighted by Crippen LogP contribution is 2.62. The number of carbonyl (C=O) groups excluding carboxylic acids is 1. The fourth-order valence-electron chi connectivity index (χ4n) is 1.50. The Labute approximate surface area is 154 Å². The van der Waals surface area contributed by atoms with Gasteiger partial charge in [0.1, 0.15) is 0 Å². The molecule has 0 aromatic carbocycles. The number of halogens is 15. The number of carbonyl (C=O) groups is 2. The first-order chi connectivity index (χ1) is 12.8. The molecule has 0 unspecified atom stereocenters. The molecule has 0 spiro atoms. The molecular formula is C11H6F15NO3. The topological polar surface area (TPSA) is 66.4 Å². The zero-order valence-electron chi connectivity index (χ0n) is 13.3. The van der Waals surface area contributed by atoms with Crippen LogP contribution in [0.2, 0.25) is 0 Å². The summed E-state index contributed by atoms with van der Waals surface area (Å²) in [7, 11) is 0. The van der Waals surface area contributed by atoms with Crippen molar-refractivity contribution in [2.75, 3.05) is 6.54 Å². The predicted molar refractivity (Wildman–Crippen MR) is 61.0 cm³/mol. The highest BCUT2D eigenvalue weighted by atomic mass is 19.4. The van der Waals surface area contributed by atoms with Crippen LogP contribution in [0.15, 0.2) is 0 Å². The van der Waals surface area contributed by atoms with Gasteiger partial charge in [0, 0.05) is 6.54 Å². The van der Waals surface area contributed by atoms with E-state index in [0.29, 0.717) is 5.32 Å². The first-order valence-electron chi connectivity index (χ1n) is 6.67. The highest BCUT2D eigenvalue weighted by molar-refractivity contribution is 5.85. The average Bonchev–Trinajstić information content (AvgIpc) is 2.52. The summed E-state index contributed by atoms with van der Waals surface area (Å²) in [6, 6.07) is 0. The standard InChI is InChI=1S/C11H6F15NO3/c12-5(13,4(30)27-2-1-3(28)29)6(14,15)7(16,17)8(18,19)9(20,21)10(22,23)11(24,25)26/h1-2H2,(H,27,30)(H,28,29). The van der Waals surface area contributed by atoms with Crippen LogP contribution in [0.25, 0.3) is 0 Å². The van der Waals surface area contributed by atoms with Crippen molar-refractivity contribution in [3.8, 4) is 0 Å². The molecule has 30 heavy (non-hydrogen) atoms. The van der Waals surface area contributed by atoms with E-state index < -0.39 is 66.6 Å². The third-order valence-electron chi connectivity index (χ3n) is 3.24. The van der Waals surface area contributed by atoms with E-state index in [4.69, 9.17) is 5.11 Å². The molecule has 4 nitrogen and oxygen atoms in total. The highest BCUT2D eigenvalue weighted by Gasteiger charge is 2.94. The summed E-state index contributed by atoms with van der Waals surface area (Å²) in [4.78, 5) is 20.9. The summed E-state index contributed by atoms with van der Waals surface area (Å²) < 4.78 is 193. The van der Waals surface area contributed by atoms with Crippen LogP contribution >= 0.6 is 0 Å². The second kappa shape index (κ2) is 7.54. The smallest absolute Gasteiger partial charge is 0.460 e. The van der Waals surface area contributed by atoms with Crippen molar-refractivity contribution in [2.45, 2.75) is 48.1 Å². The van der Waals surface area contributed by atoms with E-state index in [0.717, 1.165) is 0 Å². The quantitative estimate of drug-likeness (QED) is 0.487. The lowest BCUT2D eigenvalue weighted by Crippen LogP contribution is -2.74. The van der Waals surface area contributed by atoms with Gasteiger partial charge >= 0.3 is 47.7 Å². The Morgan fingerprint density at radius 3 is 1.27 bits per heavy atom. The molecule has 0 rings (SSSR count). The van der Waals surface area contributed by atoms with Gasteiger partial charge in [0.25, 0.3) is 5.91 Å². The third-order valence-corrected chi connectivity index (χ3v) is 3.24. The summed E-state index contributed by atoms with van der Waals surface area (Å²) in [6.07, 6.45) is -9.04. The molecule has 0 aliphatic rings. The lowest BCUT2D eigenvalue weighted by atomic mass is 9.91. The van der Waals surface area contributed by atoms with E-state index in [1.165, 1.54) is 0 Å². The maximum Gasteiger partial charge on any atom is 0.460 e. The van der Waals surface area contributed by atoms with E-state index in [1.54, 1.807) is 0 Å². The largest absolute Gasteiger partial charge is 0.481 e. The molecule has 0 saturated carbocycles. The number of hydrogen-bond donors (Lipinski definition) is 2. The van der Waals surface area contributed by atoms with Crippen molar-refractivity contribution in [3.63, 3.8) is 0 Å². The van der Waals surface area contributed by atoms with E-state index in [2.05, 4.69) is 0 Å². The first kappa shape index (κ1) is 27.9. The molecule has 178 valence electrons. The number of carboxylic acids is 1. The maximum absolute atomic E-state index is 13.3. The number of carboxylic acid groups (broad SMARTS) is 1. The maximum atomic E-state index is 13.3. The molecule has 2 N–H and O–H groups in total. The van der Waals surface area contributed by atoms with Gasteiger partial charge in [-0.1, -0.05) is 0 Å². The van der Waals surface area contributed by atoms with Gasteiger partial charge < -0.3 is 10.4 Å². The van der Waals surface area contributed by atoms with Crippen molar-refractivity contribution in [2.24, 2.45) is 0 Å². The van der Waals surface area contributed by atoms with Gasteiger partial charge in [-0.05, 0) is 0 Å². The number of aliphatic carboxylic acids is 1. The number of amides is 1. The number of nitrogens with one attached hydrogen (secondary N) is 1. The van der Waals surface area contributed by atoms with Crippen LogP contribution in [0.5, 0.6) is 0 Å². The predicted octanol–water partition coefficient (Wildman–Crippen LogP) is 3.95. The Morgan fingerprint density at radius 2 is 0.933 bits per heavy atom. The fraction of sp³-hybridized carbons (Fsp3) is 0.818. The summed E-state index contributed by atoms with van der Waals surface area (Å²) in [5.74, 6) is -54.0. The zero-order valence-corrected chi connectivity index (χ0v) is 13.3. The molecule has 0 aliphatic heterocycles. The minimum absolute atomic E-state index is 0.534. The lowest BCUT2D eigenvalue weighted by Gasteiger charge is -2.41. The molecule has 1 amide bonds. The minimum Gasteiger partial charge on any atom is -0.481 e. The third kappa shape index (κ3) is 3.93. The molecule has 0 radical (unpaired) electrons. The normalized spacial score (nSPS) is 15.2. The fourth-order valence-corrected chi connectivity index (χ4v) is 1.50. The summed E-state index contributed by atoms with van der Waals surface area (Å²) >= 11 is 0. The van der Waals surface area contributed by atoms with E-state index >= 15 is 0 Å². The Hall–Kier alpha value is -2.11. The summed E-state index contributed by atoms with van der Waals surface area (Å²) in [6.45, 7) is -1.51. The van der Waals surface area contributed by atoms with E-state index in [-0.39, 0.29) is 0 Å². The van der Waals surface area contributed by atoms with E-state index in [1.807, 2.05) is 0 Å². The van der Waals surface area contributed by atoms with Crippen molar-refractivity contribution >= 4 is 11.9 Å². The molecule has 0 saturated heterocycles. The molecule has 0 fully saturated rings. The average molecular weight is 485 g/mol. The molecule has 0 heterocycles. The van der Waals surface area contributed by atoms with Crippen molar-refractivity contribution in [1.82, 2.24) is 5.32 Å². The molecule has 0 aliphatic carbocycles. The summed E-state index contributed by atoms with van der Waals surface area (Å²) in [5, 5.41) is 8.64. The number of alkyl halides is 15. The van der Waals surface area contributed by atoms with Gasteiger partial charge in [0.15, 0.2) is 0 Å². The molecule has 0 aromatic rings. The Morgan fingerprint density at radius 1 is 0.600 bits per heavy atom. The lowest BCUT2D eigenvalue weighted by molar-refractivity contribution is -0.449. The van der Waals surface area contributed by atoms with Gasteiger partial charge in [-0.2, -0.15) is 65.9 Å². The number of rotatable bonds is 9. The van der Waals surface area contributed by atoms with Crippen molar-refractivity contribution in [1.29, 1.82) is 0 Å². The SMILES string of the molecule is O=C(O)CCNC(=O)C(F)(F)C(F)(F)C(F)(F)C(F)(F)C(F)(F)C(F)(F)C(F)(F)F. The molecule has 0 atom stereocenters. The van der Waals surface area contributed by atoms with Crippen LogP contribution in [0, 0.1) is 0 Å². The monoisotopic (exact) mass is 485 g/mol. The van der Waals surface area contributed by atoms with Crippen LogP contribution in [0.3, 0.4) is 0 Å². The van der Waals surface area contributed by atoms with Gasteiger partial charge in [0.2, 0.25) is 0 Å². The van der Waals surface area contributed by atoms with Crippen LogP contribution in [-0.2, 0) is 9.59 Å². The molecule has 19 heteroatoms. The second-order valence-electron chi connectivity index (χ2n) is 5.34. The Bertz CT molecular complexity index is 669.